The fourth-order valence-corrected chi connectivity index (χ4v) is 6.03. The summed E-state index contributed by atoms with van der Waals surface area (Å²) in [4.78, 5) is 7.53. The molecule has 5 nitrogen and oxygen atoms in total. The molecule has 2 heterocycles. The Labute approximate surface area is 231 Å². The van der Waals surface area contributed by atoms with Gasteiger partial charge < -0.3 is 19.1 Å². The lowest BCUT2D eigenvalue weighted by Gasteiger charge is -2.46. The van der Waals surface area contributed by atoms with Crippen molar-refractivity contribution in [2.45, 2.75) is 50.7 Å². The van der Waals surface area contributed by atoms with E-state index in [4.69, 9.17) is 19.2 Å². The number of benzene rings is 4. The molecule has 0 N–H and O–H groups in total. The number of hydrogen-bond acceptors (Lipinski definition) is 5. The van der Waals surface area contributed by atoms with E-state index in [1.807, 2.05) is 48.7 Å². The number of para-hydroxylation sites is 2. The molecule has 1 unspecified atom stereocenters. The summed E-state index contributed by atoms with van der Waals surface area (Å²) < 4.78 is 18.4. The Hall–Kier alpha value is -3.99. The first kappa shape index (κ1) is 25.3. The van der Waals surface area contributed by atoms with Crippen LogP contribution in [0.2, 0.25) is 0 Å². The monoisotopic (exact) mass is 520 g/mol. The van der Waals surface area contributed by atoms with Crippen LogP contribution >= 0.6 is 0 Å². The normalized spacial score (nSPS) is 18.6. The molecule has 5 heteroatoms. The first-order valence-corrected chi connectivity index (χ1v) is 13.9. The van der Waals surface area contributed by atoms with Crippen LogP contribution in [0.5, 0.6) is 17.2 Å². The lowest BCUT2D eigenvalue weighted by molar-refractivity contribution is 0.0774. The first-order valence-electron chi connectivity index (χ1n) is 13.9. The van der Waals surface area contributed by atoms with Crippen molar-refractivity contribution in [3.8, 4) is 17.2 Å². The highest BCUT2D eigenvalue weighted by atomic mass is 16.5. The zero-order valence-electron chi connectivity index (χ0n) is 23.0. The van der Waals surface area contributed by atoms with E-state index in [0.29, 0.717) is 0 Å². The van der Waals surface area contributed by atoms with Gasteiger partial charge in [0, 0.05) is 17.6 Å². The molecule has 0 aromatic heterocycles. The molecule has 2 aliphatic rings. The van der Waals surface area contributed by atoms with Gasteiger partial charge in [0.25, 0.3) is 0 Å². The van der Waals surface area contributed by atoms with Crippen molar-refractivity contribution in [2.75, 3.05) is 25.2 Å². The van der Waals surface area contributed by atoms with E-state index in [-0.39, 0.29) is 5.41 Å². The van der Waals surface area contributed by atoms with Gasteiger partial charge >= 0.3 is 0 Å². The Bertz CT molecular complexity index is 1500. The van der Waals surface area contributed by atoms with E-state index in [1.54, 1.807) is 7.11 Å². The topological polar surface area (TPSA) is 43.3 Å². The fraction of sp³-hybridized carbons (Fsp3) is 0.324. The molecule has 0 saturated heterocycles. The first-order chi connectivity index (χ1) is 19.0. The summed E-state index contributed by atoms with van der Waals surface area (Å²) in [6.45, 7) is 6.18. The molecule has 39 heavy (non-hydrogen) atoms. The number of aliphatic imine (C=N–C) groups is 1. The molecule has 0 aliphatic carbocycles. The second kappa shape index (κ2) is 10.3. The Morgan fingerprint density at radius 2 is 1.59 bits per heavy atom. The third-order valence-corrected chi connectivity index (χ3v) is 8.25. The van der Waals surface area contributed by atoms with Gasteiger partial charge in [-0.1, -0.05) is 61.4 Å². The summed E-state index contributed by atoms with van der Waals surface area (Å²) in [5, 5.41) is 2.16. The maximum Gasteiger partial charge on any atom is 0.228 e. The minimum atomic E-state index is -0.702. The third-order valence-electron chi connectivity index (χ3n) is 8.25. The predicted molar refractivity (Wildman–Crippen MR) is 159 cm³/mol. The molecule has 2 aliphatic heterocycles. The summed E-state index contributed by atoms with van der Waals surface area (Å²) in [5.74, 6) is 2.56. The van der Waals surface area contributed by atoms with Gasteiger partial charge in [0.2, 0.25) is 5.72 Å². The van der Waals surface area contributed by atoms with Gasteiger partial charge in [-0.3, -0.25) is 4.99 Å². The van der Waals surface area contributed by atoms with Gasteiger partial charge in [0.1, 0.15) is 22.9 Å². The molecule has 1 spiro atoms. The fourth-order valence-electron chi connectivity index (χ4n) is 6.03. The summed E-state index contributed by atoms with van der Waals surface area (Å²) in [7, 11) is 1.69. The van der Waals surface area contributed by atoms with Crippen molar-refractivity contribution in [3.63, 3.8) is 0 Å². The highest BCUT2D eigenvalue weighted by Crippen LogP contribution is 2.55. The number of fused-ring (bicyclic) bond motifs is 4. The quantitative estimate of drug-likeness (QED) is 0.209. The van der Waals surface area contributed by atoms with Crippen molar-refractivity contribution in [3.05, 3.63) is 90.5 Å². The average molecular weight is 521 g/mol. The number of hydrogen-bond donors (Lipinski definition) is 0. The van der Waals surface area contributed by atoms with Crippen LogP contribution in [0.1, 0.15) is 45.1 Å². The number of anilines is 1. The number of nitrogens with zero attached hydrogens (tertiary/aromatic N) is 2. The van der Waals surface area contributed by atoms with E-state index in [2.05, 4.69) is 61.2 Å². The highest BCUT2D eigenvalue weighted by Gasteiger charge is 2.59. The van der Waals surface area contributed by atoms with Crippen LogP contribution in [0.15, 0.2) is 89.9 Å². The van der Waals surface area contributed by atoms with Gasteiger partial charge in [-0.05, 0) is 74.0 Å². The number of methoxy groups -OCH3 is 1. The van der Waals surface area contributed by atoms with Gasteiger partial charge in [-0.25, -0.2) is 0 Å². The summed E-state index contributed by atoms with van der Waals surface area (Å²) in [6, 6.07) is 29.0. The van der Waals surface area contributed by atoms with Crippen LogP contribution in [0.25, 0.3) is 10.8 Å². The average Bonchev–Trinajstić information content (AvgIpc) is 3.15. The van der Waals surface area contributed by atoms with Gasteiger partial charge in [0.05, 0.1) is 25.3 Å². The molecule has 4 aromatic rings. The van der Waals surface area contributed by atoms with Crippen molar-refractivity contribution in [1.29, 1.82) is 0 Å². The van der Waals surface area contributed by atoms with Gasteiger partial charge in [-0.2, -0.15) is 0 Å². The van der Waals surface area contributed by atoms with E-state index < -0.39 is 5.72 Å². The Kier molecular flexibility index (Phi) is 6.68. The molecule has 6 rings (SSSR count). The van der Waals surface area contributed by atoms with Crippen LogP contribution < -0.4 is 19.1 Å². The lowest BCUT2D eigenvalue weighted by Crippen LogP contribution is -2.62. The molecule has 0 saturated carbocycles. The second-order valence-electron chi connectivity index (χ2n) is 10.9. The van der Waals surface area contributed by atoms with E-state index in [1.165, 1.54) is 11.3 Å². The molecule has 0 fully saturated rings. The van der Waals surface area contributed by atoms with Crippen LogP contribution in [0.4, 0.5) is 11.4 Å². The van der Waals surface area contributed by atoms with Gasteiger partial charge in [-0.15, -0.1) is 0 Å². The Balaban J connectivity index is 1.21. The van der Waals surface area contributed by atoms with Crippen molar-refractivity contribution >= 4 is 28.4 Å². The molecule has 0 amide bonds. The van der Waals surface area contributed by atoms with Gasteiger partial charge in [0.15, 0.2) is 0 Å². The zero-order chi connectivity index (χ0) is 26.9. The van der Waals surface area contributed by atoms with Crippen molar-refractivity contribution < 1.29 is 14.2 Å². The SMILES string of the molecule is COc1ccc2ccc3c(c2c1)N=CC1(O3)N(CCCCCCOc2ccccc2)c2ccccc2C1(C)C. The number of ether oxygens (including phenoxy) is 3. The smallest absolute Gasteiger partial charge is 0.228 e. The molecule has 0 bridgehead atoms. The minimum Gasteiger partial charge on any atom is -0.497 e. The zero-order valence-corrected chi connectivity index (χ0v) is 23.0. The van der Waals surface area contributed by atoms with Crippen LogP contribution in [0.3, 0.4) is 0 Å². The predicted octanol–water partition coefficient (Wildman–Crippen LogP) is 8.08. The minimum absolute atomic E-state index is 0.294. The number of rotatable bonds is 9. The van der Waals surface area contributed by atoms with E-state index in [0.717, 1.165) is 72.5 Å². The van der Waals surface area contributed by atoms with Crippen LogP contribution in [-0.2, 0) is 5.41 Å². The molecule has 200 valence electrons. The Morgan fingerprint density at radius 1 is 0.821 bits per heavy atom. The maximum absolute atomic E-state index is 7.03. The molecule has 0 radical (unpaired) electrons. The maximum atomic E-state index is 7.03. The second-order valence-corrected chi connectivity index (χ2v) is 10.9. The van der Waals surface area contributed by atoms with Crippen molar-refractivity contribution in [1.82, 2.24) is 0 Å². The Morgan fingerprint density at radius 3 is 2.44 bits per heavy atom. The third kappa shape index (κ3) is 4.40. The number of unbranched alkanes of at least 4 members (excludes halogenated alkanes) is 3. The summed E-state index contributed by atoms with van der Waals surface area (Å²) in [5.41, 5.74) is 2.39. The lowest BCUT2D eigenvalue weighted by atomic mass is 9.77. The van der Waals surface area contributed by atoms with Crippen LogP contribution in [-0.4, -0.2) is 32.2 Å². The molecular weight excluding hydrogens is 484 g/mol. The standard InChI is InChI=1S/C34H36N2O3/c1-33(2)29-15-9-10-16-30(29)36(21-11-4-5-12-22-38-26-13-7-6-8-14-26)34(33)24-35-32-28-23-27(37-3)19-17-25(28)18-20-31(32)39-34/h6-10,13-20,23-24H,4-5,11-12,21-22H2,1-3H3. The molecule has 1 atom stereocenters. The molecule has 4 aromatic carbocycles. The van der Waals surface area contributed by atoms with E-state index >= 15 is 0 Å². The summed E-state index contributed by atoms with van der Waals surface area (Å²) in [6.07, 6.45) is 6.41. The summed E-state index contributed by atoms with van der Waals surface area (Å²) >= 11 is 0. The van der Waals surface area contributed by atoms with Crippen LogP contribution in [0, 0.1) is 0 Å². The van der Waals surface area contributed by atoms with E-state index in [9.17, 15) is 0 Å². The molecular formula is C34H36N2O3. The highest BCUT2D eigenvalue weighted by molar-refractivity contribution is 6.00. The van der Waals surface area contributed by atoms with Crippen molar-refractivity contribution in [2.24, 2.45) is 4.99 Å². The largest absolute Gasteiger partial charge is 0.497 e.